The summed E-state index contributed by atoms with van der Waals surface area (Å²) in [5.41, 5.74) is 0. The largest absolute Gasteiger partial charge is 0.337 e. The molecule has 0 aromatic rings. The van der Waals surface area contributed by atoms with Gasteiger partial charge in [0.05, 0.1) is 23.7 Å². The normalized spacial score (nSPS) is 37.4. The highest BCUT2D eigenvalue weighted by molar-refractivity contribution is 6.10. The molecule has 10 nitrogen and oxygen atoms in total. The number of likely N-dealkylation sites (tertiary alicyclic amines) is 2. The molecule has 7 aliphatic rings. The van der Waals surface area contributed by atoms with E-state index in [1.54, 1.807) is 9.80 Å². The number of carbonyl (C=O) groups excluding carboxylic acids is 6. The van der Waals surface area contributed by atoms with E-state index in [-0.39, 0.29) is 109 Å². The van der Waals surface area contributed by atoms with Gasteiger partial charge in [-0.05, 0) is 49.4 Å². The van der Waals surface area contributed by atoms with Gasteiger partial charge in [-0.1, -0.05) is 51.0 Å². The molecule has 4 aliphatic carbocycles. The standard InChI is InChI=1S/C32H40N4O6/c1-3-5-21(35-29(39)23-17-7-8-18(15-17)24(23)30(35)40)27(37)33-11-13-34(14-12-33)28(38)22(6-4-2)36-31(41)25-19-9-10-20(16-19)26(25)32(36)42/h7-10,17-26H,3-6,11-16H2,1-2H3/t17-,18-,19-,20-,21-,22+,23-,24+,25+,26+/m0/s1. The van der Waals surface area contributed by atoms with E-state index in [9.17, 15) is 28.8 Å². The highest BCUT2D eigenvalue weighted by Gasteiger charge is 2.62. The van der Waals surface area contributed by atoms with Crippen LogP contribution >= 0.6 is 0 Å². The summed E-state index contributed by atoms with van der Waals surface area (Å²) >= 11 is 0. The van der Waals surface area contributed by atoms with Crippen LogP contribution in [0.1, 0.15) is 52.4 Å². The molecule has 4 bridgehead atoms. The van der Waals surface area contributed by atoms with Crippen LogP contribution in [0.5, 0.6) is 0 Å². The lowest BCUT2D eigenvalue weighted by atomic mass is 9.85. The lowest BCUT2D eigenvalue weighted by molar-refractivity contribution is -0.156. The predicted octanol–water partition coefficient (Wildman–Crippen LogP) is 1.61. The maximum atomic E-state index is 13.8. The van der Waals surface area contributed by atoms with Gasteiger partial charge in [-0.2, -0.15) is 0 Å². The van der Waals surface area contributed by atoms with E-state index in [1.807, 2.05) is 13.8 Å². The fourth-order valence-corrected chi connectivity index (χ4v) is 9.31. The van der Waals surface area contributed by atoms with Crippen molar-refractivity contribution >= 4 is 35.4 Å². The first-order chi connectivity index (χ1) is 20.3. The minimum atomic E-state index is -0.821. The minimum absolute atomic E-state index is 0.0878. The van der Waals surface area contributed by atoms with Gasteiger partial charge >= 0.3 is 0 Å². The Morgan fingerprint density at radius 3 is 1.14 bits per heavy atom. The Hall–Kier alpha value is -3.30. The minimum Gasteiger partial charge on any atom is -0.337 e. The summed E-state index contributed by atoms with van der Waals surface area (Å²) in [6.45, 7) is 5.00. The number of fused-ring (bicyclic) bond motifs is 10. The summed E-state index contributed by atoms with van der Waals surface area (Å²) < 4.78 is 0. The van der Waals surface area contributed by atoms with Crippen LogP contribution in [-0.4, -0.2) is 93.3 Å². The van der Waals surface area contributed by atoms with Crippen molar-refractivity contribution in [2.75, 3.05) is 26.2 Å². The van der Waals surface area contributed by atoms with Crippen LogP contribution < -0.4 is 0 Å². The highest BCUT2D eigenvalue weighted by Crippen LogP contribution is 2.54. The molecule has 5 fully saturated rings. The van der Waals surface area contributed by atoms with E-state index >= 15 is 0 Å². The quantitative estimate of drug-likeness (QED) is 0.320. The van der Waals surface area contributed by atoms with Crippen molar-refractivity contribution in [3.63, 3.8) is 0 Å². The third-order valence-electron chi connectivity index (χ3n) is 11.2. The lowest BCUT2D eigenvalue weighted by Gasteiger charge is -2.40. The highest BCUT2D eigenvalue weighted by atomic mass is 16.2. The zero-order valence-corrected chi connectivity index (χ0v) is 24.4. The number of nitrogens with zero attached hydrogens (tertiary/aromatic N) is 4. The molecule has 3 heterocycles. The Bertz CT molecular complexity index is 1140. The molecule has 3 saturated heterocycles. The first-order valence-corrected chi connectivity index (χ1v) is 15.9. The number of rotatable bonds is 8. The van der Waals surface area contributed by atoms with E-state index in [2.05, 4.69) is 24.3 Å². The number of amides is 6. The molecule has 0 aromatic carbocycles. The number of hydrogen-bond acceptors (Lipinski definition) is 6. The first kappa shape index (κ1) is 27.5. The van der Waals surface area contributed by atoms with Gasteiger partial charge in [0, 0.05) is 26.2 Å². The molecule has 0 spiro atoms. The van der Waals surface area contributed by atoms with Gasteiger partial charge in [0.1, 0.15) is 12.1 Å². The van der Waals surface area contributed by atoms with Crippen molar-refractivity contribution in [3.8, 4) is 0 Å². The molecule has 224 valence electrons. The Balaban J connectivity index is 1.02. The fraction of sp³-hybridized carbons (Fsp3) is 0.688. The van der Waals surface area contributed by atoms with Crippen LogP contribution in [0.3, 0.4) is 0 Å². The van der Waals surface area contributed by atoms with Crippen LogP contribution in [0.15, 0.2) is 24.3 Å². The summed E-state index contributed by atoms with van der Waals surface area (Å²) in [6, 6.07) is -1.64. The second-order valence-electron chi connectivity index (χ2n) is 13.4. The fourth-order valence-electron chi connectivity index (χ4n) is 9.31. The molecular weight excluding hydrogens is 536 g/mol. The Morgan fingerprint density at radius 2 is 0.881 bits per heavy atom. The second kappa shape index (κ2) is 10.2. The summed E-state index contributed by atoms with van der Waals surface area (Å²) in [5, 5.41) is 0. The molecule has 0 N–H and O–H groups in total. The molecule has 0 aromatic heterocycles. The molecular formula is C32H40N4O6. The van der Waals surface area contributed by atoms with Gasteiger partial charge in [0.2, 0.25) is 35.4 Å². The molecule has 6 amide bonds. The summed E-state index contributed by atoms with van der Waals surface area (Å²) in [6.07, 6.45) is 12.0. The maximum Gasteiger partial charge on any atom is 0.245 e. The van der Waals surface area contributed by atoms with Crippen molar-refractivity contribution in [3.05, 3.63) is 24.3 Å². The monoisotopic (exact) mass is 576 g/mol. The molecule has 10 heteroatoms. The van der Waals surface area contributed by atoms with Crippen LogP contribution in [0, 0.1) is 47.3 Å². The average Bonchev–Trinajstić information content (AvgIpc) is 3.84. The Kier molecular flexibility index (Phi) is 6.66. The van der Waals surface area contributed by atoms with Gasteiger partial charge in [-0.3, -0.25) is 38.6 Å². The zero-order valence-electron chi connectivity index (χ0n) is 24.4. The summed E-state index contributed by atoms with van der Waals surface area (Å²) in [5.74, 6) is -2.33. The van der Waals surface area contributed by atoms with Crippen molar-refractivity contribution in [2.24, 2.45) is 47.3 Å². The zero-order chi connectivity index (χ0) is 29.4. The molecule has 42 heavy (non-hydrogen) atoms. The molecule has 7 rings (SSSR count). The van der Waals surface area contributed by atoms with Gasteiger partial charge in [0.15, 0.2) is 0 Å². The maximum absolute atomic E-state index is 13.8. The van der Waals surface area contributed by atoms with E-state index in [1.165, 1.54) is 9.80 Å². The molecule has 3 aliphatic heterocycles. The molecule has 2 saturated carbocycles. The van der Waals surface area contributed by atoms with Gasteiger partial charge in [0.25, 0.3) is 0 Å². The summed E-state index contributed by atoms with van der Waals surface area (Å²) in [7, 11) is 0. The van der Waals surface area contributed by atoms with E-state index < -0.39 is 12.1 Å². The van der Waals surface area contributed by atoms with Crippen molar-refractivity contribution in [2.45, 2.75) is 64.5 Å². The number of piperazine rings is 1. The van der Waals surface area contributed by atoms with Gasteiger partial charge < -0.3 is 9.80 Å². The SMILES string of the molecule is CCC[C@H](C(=O)N1CCN(C(=O)[C@H](CCC)N2C(=O)[C@@H]3[C@H](C2=O)[C@H]2C=C[C@H]3C2)CC1)N1C(=O)[C@H]2[C@H](C1=O)[C@H]1C=C[C@H]2C1. The number of carbonyl (C=O) groups is 6. The van der Waals surface area contributed by atoms with E-state index in [0.29, 0.717) is 25.7 Å². The third-order valence-corrected chi connectivity index (χ3v) is 11.2. The molecule has 0 unspecified atom stereocenters. The van der Waals surface area contributed by atoms with E-state index in [4.69, 9.17) is 0 Å². The first-order valence-electron chi connectivity index (χ1n) is 15.9. The van der Waals surface area contributed by atoms with Crippen molar-refractivity contribution in [1.82, 2.24) is 19.6 Å². The summed E-state index contributed by atoms with van der Waals surface area (Å²) in [4.78, 5) is 87.3. The molecule has 0 radical (unpaired) electrons. The van der Waals surface area contributed by atoms with Crippen LogP contribution in [-0.2, 0) is 28.8 Å². The topological polar surface area (TPSA) is 115 Å². The third kappa shape index (κ3) is 3.82. The molecule has 10 atom stereocenters. The van der Waals surface area contributed by atoms with Gasteiger partial charge in [-0.15, -0.1) is 0 Å². The van der Waals surface area contributed by atoms with Crippen molar-refractivity contribution in [1.29, 1.82) is 0 Å². The average molecular weight is 577 g/mol. The van der Waals surface area contributed by atoms with Crippen LogP contribution in [0.2, 0.25) is 0 Å². The number of imide groups is 2. The van der Waals surface area contributed by atoms with Crippen molar-refractivity contribution < 1.29 is 28.8 Å². The second-order valence-corrected chi connectivity index (χ2v) is 13.4. The number of hydrogen-bond donors (Lipinski definition) is 0. The van der Waals surface area contributed by atoms with Crippen LogP contribution in [0.4, 0.5) is 0 Å². The Labute approximate surface area is 246 Å². The Morgan fingerprint density at radius 1 is 0.595 bits per heavy atom. The smallest absolute Gasteiger partial charge is 0.245 e. The van der Waals surface area contributed by atoms with Gasteiger partial charge in [-0.25, -0.2) is 0 Å². The lowest BCUT2D eigenvalue weighted by Crippen LogP contribution is -2.59. The number of allylic oxidation sites excluding steroid dienone is 4. The predicted molar refractivity (Wildman–Crippen MR) is 150 cm³/mol. The van der Waals surface area contributed by atoms with E-state index in [0.717, 1.165) is 12.8 Å². The van der Waals surface area contributed by atoms with Crippen LogP contribution in [0.25, 0.3) is 0 Å².